The molecule has 0 saturated heterocycles. The fourth-order valence-electron chi connectivity index (χ4n) is 1.87. The molecule has 5 heteroatoms. The Bertz CT molecular complexity index is 446. The minimum Gasteiger partial charge on any atom is -0.392 e. The number of rotatable bonds is 4. The Morgan fingerprint density at radius 2 is 2.39 bits per heavy atom. The summed E-state index contributed by atoms with van der Waals surface area (Å²) in [7, 11) is 0. The first kappa shape index (κ1) is 12.8. The van der Waals surface area contributed by atoms with Crippen molar-refractivity contribution in [2.75, 3.05) is 25.0 Å². The van der Waals surface area contributed by atoms with Gasteiger partial charge in [-0.3, -0.25) is 4.99 Å². The van der Waals surface area contributed by atoms with Crippen LogP contribution in [0.3, 0.4) is 0 Å². The molecule has 0 aromatic heterocycles. The van der Waals surface area contributed by atoms with Crippen LogP contribution in [0.5, 0.6) is 0 Å². The molecule has 0 spiro atoms. The van der Waals surface area contributed by atoms with E-state index in [9.17, 15) is 9.50 Å². The van der Waals surface area contributed by atoms with Crippen LogP contribution in [0, 0.1) is 5.82 Å². The number of hydrogen-bond acceptors (Lipinski definition) is 4. The Balaban J connectivity index is 2.28. The highest BCUT2D eigenvalue weighted by Crippen LogP contribution is 2.20. The van der Waals surface area contributed by atoms with Crippen molar-refractivity contribution in [3.8, 4) is 0 Å². The van der Waals surface area contributed by atoms with Crippen molar-refractivity contribution >= 4 is 11.5 Å². The van der Waals surface area contributed by atoms with Crippen LogP contribution in [0.1, 0.15) is 18.9 Å². The SMILES string of the molecule is CC(O)CNc1cccc(F)c1C1=NCCCN1. The zero-order chi connectivity index (χ0) is 13.0. The van der Waals surface area contributed by atoms with Crippen LogP contribution in [-0.2, 0) is 0 Å². The summed E-state index contributed by atoms with van der Waals surface area (Å²) in [5.74, 6) is 0.284. The average Bonchev–Trinajstić information content (AvgIpc) is 2.37. The Morgan fingerprint density at radius 3 is 3.06 bits per heavy atom. The lowest BCUT2D eigenvalue weighted by Crippen LogP contribution is -2.32. The Labute approximate surface area is 106 Å². The van der Waals surface area contributed by atoms with Gasteiger partial charge < -0.3 is 15.7 Å². The predicted molar refractivity (Wildman–Crippen MR) is 70.6 cm³/mol. The highest BCUT2D eigenvalue weighted by Gasteiger charge is 2.16. The molecule has 0 bridgehead atoms. The molecule has 1 aliphatic rings. The summed E-state index contributed by atoms with van der Waals surface area (Å²) in [6.07, 6.45) is 0.483. The van der Waals surface area contributed by atoms with Crippen LogP contribution in [0.2, 0.25) is 0 Å². The largest absolute Gasteiger partial charge is 0.392 e. The molecule has 1 aliphatic heterocycles. The number of aliphatic imine (C=N–C) groups is 1. The maximum Gasteiger partial charge on any atom is 0.136 e. The molecule has 18 heavy (non-hydrogen) atoms. The van der Waals surface area contributed by atoms with Crippen LogP contribution < -0.4 is 10.6 Å². The maximum absolute atomic E-state index is 13.9. The molecular weight excluding hydrogens is 233 g/mol. The topological polar surface area (TPSA) is 56.6 Å². The molecule has 0 saturated carbocycles. The summed E-state index contributed by atoms with van der Waals surface area (Å²) < 4.78 is 13.9. The summed E-state index contributed by atoms with van der Waals surface area (Å²) in [5, 5.41) is 15.4. The van der Waals surface area contributed by atoms with E-state index in [2.05, 4.69) is 15.6 Å². The average molecular weight is 251 g/mol. The van der Waals surface area contributed by atoms with E-state index in [0.717, 1.165) is 13.0 Å². The lowest BCUT2D eigenvalue weighted by molar-refractivity contribution is 0.208. The zero-order valence-electron chi connectivity index (χ0n) is 10.4. The highest BCUT2D eigenvalue weighted by molar-refractivity contribution is 6.04. The van der Waals surface area contributed by atoms with E-state index in [0.29, 0.717) is 30.2 Å². The smallest absolute Gasteiger partial charge is 0.136 e. The summed E-state index contributed by atoms with van der Waals surface area (Å²) >= 11 is 0. The second kappa shape index (κ2) is 5.82. The number of aliphatic hydroxyl groups excluding tert-OH is 1. The van der Waals surface area contributed by atoms with Gasteiger partial charge in [0.15, 0.2) is 0 Å². The third-order valence-electron chi connectivity index (χ3n) is 2.74. The molecule has 3 N–H and O–H groups in total. The van der Waals surface area contributed by atoms with Crippen molar-refractivity contribution < 1.29 is 9.50 Å². The summed E-state index contributed by atoms with van der Waals surface area (Å²) in [5.41, 5.74) is 1.11. The lowest BCUT2D eigenvalue weighted by Gasteiger charge is -2.19. The summed E-state index contributed by atoms with van der Waals surface area (Å²) in [6, 6.07) is 4.86. The van der Waals surface area contributed by atoms with E-state index < -0.39 is 6.10 Å². The molecule has 0 aliphatic carbocycles. The monoisotopic (exact) mass is 251 g/mol. The van der Waals surface area contributed by atoms with Crippen molar-refractivity contribution in [1.29, 1.82) is 0 Å². The first-order chi connectivity index (χ1) is 8.68. The predicted octanol–water partition coefficient (Wildman–Crippen LogP) is 1.36. The van der Waals surface area contributed by atoms with Crippen LogP contribution >= 0.6 is 0 Å². The molecule has 2 rings (SSSR count). The number of aliphatic hydroxyl groups is 1. The fourth-order valence-corrected chi connectivity index (χ4v) is 1.87. The molecule has 1 aromatic carbocycles. The second-order valence-corrected chi connectivity index (χ2v) is 4.40. The van der Waals surface area contributed by atoms with E-state index in [1.54, 1.807) is 19.1 Å². The van der Waals surface area contributed by atoms with E-state index in [1.165, 1.54) is 6.07 Å². The van der Waals surface area contributed by atoms with Gasteiger partial charge in [-0.15, -0.1) is 0 Å². The first-order valence-electron chi connectivity index (χ1n) is 6.17. The van der Waals surface area contributed by atoms with Crippen LogP contribution in [0.4, 0.5) is 10.1 Å². The maximum atomic E-state index is 13.9. The molecule has 0 amide bonds. The Morgan fingerprint density at radius 1 is 1.56 bits per heavy atom. The molecule has 1 unspecified atom stereocenters. The zero-order valence-corrected chi connectivity index (χ0v) is 10.4. The minimum atomic E-state index is -0.484. The molecule has 98 valence electrons. The standard InChI is InChI=1S/C13H18FN3O/c1-9(18)8-17-11-5-2-4-10(14)12(11)13-15-6-3-7-16-13/h2,4-5,9,17-18H,3,6-8H2,1H3,(H,15,16). The third-order valence-corrected chi connectivity index (χ3v) is 2.74. The number of halogens is 1. The molecule has 0 fully saturated rings. The molecule has 4 nitrogen and oxygen atoms in total. The Hall–Kier alpha value is -1.62. The van der Waals surface area contributed by atoms with Gasteiger partial charge in [-0.1, -0.05) is 6.07 Å². The molecule has 1 heterocycles. The number of anilines is 1. The number of hydrogen-bond donors (Lipinski definition) is 3. The third kappa shape index (κ3) is 2.98. The second-order valence-electron chi connectivity index (χ2n) is 4.40. The van der Waals surface area contributed by atoms with E-state index in [-0.39, 0.29) is 5.82 Å². The van der Waals surface area contributed by atoms with Gasteiger partial charge in [0, 0.05) is 25.3 Å². The van der Waals surface area contributed by atoms with Crippen molar-refractivity contribution in [2.24, 2.45) is 4.99 Å². The molecule has 1 atom stereocenters. The van der Waals surface area contributed by atoms with E-state index in [1.807, 2.05) is 0 Å². The first-order valence-corrected chi connectivity index (χ1v) is 6.17. The van der Waals surface area contributed by atoms with Gasteiger partial charge >= 0.3 is 0 Å². The van der Waals surface area contributed by atoms with Crippen molar-refractivity contribution in [3.05, 3.63) is 29.6 Å². The van der Waals surface area contributed by atoms with Gasteiger partial charge in [0.2, 0.25) is 0 Å². The van der Waals surface area contributed by atoms with E-state index in [4.69, 9.17) is 0 Å². The normalized spacial score (nSPS) is 16.7. The van der Waals surface area contributed by atoms with Crippen molar-refractivity contribution in [1.82, 2.24) is 5.32 Å². The number of amidine groups is 1. The van der Waals surface area contributed by atoms with Gasteiger partial charge in [0.1, 0.15) is 11.7 Å². The highest BCUT2D eigenvalue weighted by atomic mass is 19.1. The minimum absolute atomic E-state index is 0.307. The van der Waals surface area contributed by atoms with Crippen LogP contribution in [0.25, 0.3) is 0 Å². The number of benzene rings is 1. The summed E-state index contributed by atoms with van der Waals surface area (Å²) in [6.45, 7) is 3.58. The van der Waals surface area contributed by atoms with E-state index >= 15 is 0 Å². The van der Waals surface area contributed by atoms with Gasteiger partial charge in [-0.05, 0) is 25.5 Å². The molecular formula is C13H18FN3O. The van der Waals surface area contributed by atoms with Gasteiger partial charge in [-0.2, -0.15) is 0 Å². The van der Waals surface area contributed by atoms with Crippen LogP contribution in [0.15, 0.2) is 23.2 Å². The quantitative estimate of drug-likeness (QED) is 0.757. The van der Waals surface area contributed by atoms with Gasteiger partial charge in [-0.25, -0.2) is 4.39 Å². The van der Waals surface area contributed by atoms with Crippen molar-refractivity contribution in [2.45, 2.75) is 19.4 Å². The lowest BCUT2D eigenvalue weighted by atomic mass is 10.1. The van der Waals surface area contributed by atoms with Gasteiger partial charge in [0.25, 0.3) is 0 Å². The fraction of sp³-hybridized carbons (Fsp3) is 0.462. The van der Waals surface area contributed by atoms with Crippen LogP contribution in [-0.4, -0.2) is 36.7 Å². The number of nitrogens with one attached hydrogen (secondary N) is 2. The number of nitrogens with zero attached hydrogens (tertiary/aromatic N) is 1. The molecule has 0 radical (unpaired) electrons. The Kier molecular flexibility index (Phi) is 4.15. The molecule has 1 aromatic rings. The summed E-state index contributed by atoms with van der Waals surface area (Å²) in [4.78, 5) is 4.31. The van der Waals surface area contributed by atoms with Gasteiger partial charge in [0.05, 0.1) is 11.7 Å². The van der Waals surface area contributed by atoms with Crippen molar-refractivity contribution in [3.63, 3.8) is 0 Å².